The zero-order valence-electron chi connectivity index (χ0n) is 6.96. The summed E-state index contributed by atoms with van der Waals surface area (Å²) < 4.78 is 0. The van der Waals surface area contributed by atoms with Crippen molar-refractivity contribution in [2.75, 3.05) is 0 Å². The molecule has 1 rings (SSSR count). The minimum absolute atomic E-state index is 0.532. The number of hydrogen-bond donors (Lipinski definition) is 0. The van der Waals surface area contributed by atoms with E-state index in [0.717, 1.165) is 6.42 Å². The number of rotatable bonds is 1. The van der Waals surface area contributed by atoms with Crippen LogP contribution in [0.5, 0.6) is 0 Å². The van der Waals surface area contributed by atoms with Crippen molar-refractivity contribution in [1.82, 2.24) is 0 Å². The van der Waals surface area contributed by atoms with Crippen molar-refractivity contribution in [1.29, 1.82) is 0 Å². The van der Waals surface area contributed by atoms with Crippen LogP contribution in [-0.2, 0) is 0 Å². The van der Waals surface area contributed by atoms with Gasteiger partial charge in [-0.2, -0.15) is 0 Å². The molecule has 56 valence electrons. The zero-order chi connectivity index (χ0) is 7.56. The first-order valence-electron chi connectivity index (χ1n) is 3.91. The summed E-state index contributed by atoms with van der Waals surface area (Å²) >= 11 is 0. The Kier molecular flexibility index (Phi) is 2.25. The molecule has 1 atom stereocenters. The highest BCUT2D eigenvalue weighted by Gasteiger charge is 2.11. The van der Waals surface area contributed by atoms with Gasteiger partial charge in [0.1, 0.15) is 0 Å². The second-order valence-corrected chi connectivity index (χ2v) is 3.22. The van der Waals surface area contributed by atoms with Crippen molar-refractivity contribution in [3.8, 4) is 0 Å². The summed E-state index contributed by atoms with van der Waals surface area (Å²) in [4.78, 5) is 4.51. The minimum atomic E-state index is 0.532. The smallest absolute Gasteiger partial charge is 0.0560 e. The molecule has 0 aromatic rings. The molecular formula is C9H15N. The molecule has 0 radical (unpaired) electrons. The summed E-state index contributed by atoms with van der Waals surface area (Å²) in [5, 5.41) is 0. The van der Waals surface area contributed by atoms with Gasteiger partial charge in [-0.05, 0) is 25.3 Å². The zero-order valence-corrected chi connectivity index (χ0v) is 6.96. The van der Waals surface area contributed by atoms with E-state index in [0.29, 0.717) is 12.0 Å². The van der Waals surface area contributed by atoms with Gasteiger partial charge in [0.05, 0.1) is 6.04 Å². The maximum Gasteiger partial charge on any atom is 0.0560 e. The molecule has 1 unspecified atom stereocenters. The third kappa shape index (κ3) is 1.69. The summed E-state index contributed by atoms with van der Waals surface area (Å²) in [7, 11) is 0. The Hall–Kier alpha value is -0.590. The molecule has 0 aliphatic carbocycles. The van der Waals surface area contributed by atoms with Crippen LogP contribution < -0.4 is 0 Å². The number of allylic oxidation sites excluding steroid dienone is 1. The Bertz CT molecular complexity index is 166. The fourth-order valence-corrected chi connectivity index (χ4v) is 1.16. The van der Waals surface area contributed by atoms with Gasteiger partial charge >= 0.3 is 0 Å². The second kappa shape index (κ2) is 3.00. The van der Waals surface area contributed by atoms with Crippen molar-refractivity contribution in [2.45, 2.75) is 33.2 Å². The standard InChI is InChI=1S/C9H15N/c1-7(2)9-6-4-5-8(3)10-9/h4-5,7,9H,6H2,1-3H3. The molecule has 0 aromatic carbocycles. The van der Waals surface area contributed by atoms with Gasteiger partial charge in [-0.3, -0.25) is 4.99 Å². The Labute approximate surface area is 62.9 Å². The lowest BCUT2D eigenvalue weighted by atomic mass is 9.99. The van der Waals surface area contributed by atoms with Crippen LogP contribution >= 0.6 is 0 Å². The number of hydrogen-bond acceptors (Lipinski definition) is 1. The van der Waals surface area contributed by atoms with Gasteiger partial charge in [-0.1, -0.05) is 19.9 Å². The molecule has 10 heavy (non-hydrogen) atoms. The van der Waals surface area contributed by atoms with Crippen LogP contribution in [0.15, 0.2) is 17.1 Å². The van der Waals surface area contributed by atoms with E-state index in [1.807, 2.05) is 0 Å². The van der Waals surface area contributed by atoms with Crippen LogP contribution in [0.4, 0.5) is 0 Å². The number of dihydropyridines is 1. The first-order chi connectivity index (χ1) is 4.70. The average molecular weight is 137 g/mol. The Balaban J connectivity index is 2.60. The molecule has 0 bridgehead atoms. The average Bonchev–Trinajstić information content (AvgIpc) is 1.88. The molecule has 1 aliphatic heterocycles. The fourth-order valence-electron chi connectivity index (χ4n) is 1.16. The molecule has 1 heterocycles. The van der Waals surface area contributed by atoms with Gasteiger partial charge < -0.3 is 0 Å². The van der Waals surface area contributed by atoms with E-state index in [9.17, 15) is 0 Å². The van der Waals surface area contributed by atoms with E-state index < -0.39 is 0 Å². The highest BCUT2D eigenvalue weighted by Crippen LogP contribution is 2.14. The normalized spacial score (nSPS) is 25.2. The van der Waals surface area contributed by atoms with Gasteiger partial charge in [0.15, 0.2) is 0 Å². The topological polar surface area (TPSA) is 12.4 Å². The SMILES string of the molecule is CC1=NC(C(C)C)CC=C1. The molecule has 0 spiro atoms. The fraction of sp³-hybridized carbons (Fsp3) is 0.667. The molecule has 0 aromatic heterocycles. The van der Waals surface area contributed by atoms with E-state index in [4.69, 9.17) is 0 Å². The van der Waals surface area contributed by atoms with Crippen LogP contribution in [0, 0.1) is 5.92 Å². The Morgan fingerprint density at radius 1 is 1.60 bits per heavy atom. The third-order valence-corrected chi connectivity index (χ3v) is 1.88. The van der Waals surface area contributed by atoms with Crippen molar-refractivity contribution in [2.24, 2.45) is 10.9 Å². The van der Waals surface area contributed by atoms with E-state index >= 15 is 0 Å². The molecule has 0 saturated carbocycles. The molecule has 1 aliphatic rings. The van der Waals surface area contributed by atoms with Crippen molar-refractivity contribution in [3.05, 3.63) is 12.2 Å². The van der Waals surface area contributed by atoms with E-state index in [1.165, 1.54) is 5.71 Å². The minimum Gasteiger partial charge on any atom is -0.286 e. The van der Waals surface area contributed by atoms with Crippen LogP contribution in [0.25, 0.3) is 0 Å². The molecule has 0 amide bonds. The van der Waals surface area contributed by atoms with Crippen LogP contribution in [0.2, 0.25) is 0 Å². The molecule has 1 nitrogen and oxygen atoms in total. The Morgan fingerprint density at radius 2 is 2.30 bits per heavy atom. The van der Waals surface area contributed by atoms with E-state index in [-0.39, 0.29) is 0 Å². The van der Waals surface area contributed by atoms with Gasteiger partial charge in [0.25, 0.3) is 0 Å². The molecule has 0 saturated heterocycles. The lowest BCUT2D eigenvalue weighted by Crippen LogP contribution is -2.15. The van der Waals surface area contributed by atoms with Crippen molar-refractivity contribution < 1.29 is 0 Å². The van der Waals surface area contributed by atoms with Gasteiger partial charge in [-0.25, -0.2) is 0 Å². The highest BCUT2D eigenvalue weighted by atomic mass is 14.8. The lowest BCUT2D eigenvalue weighted by molar-refractivity contribution is 0.497. The van der Waals surface area contributed by atoms with Crippen LogP contribution in [0.1, 0.15) is 27.2 Å². The summed E-state index contributed by atoms with van der Waals surface area (Å²) in [5.74, 6) is 0.680. The molecule has 0 N–H and O–H groups in total. The summed E-state index contributed by atoms with van der Waals surface area (Å²) in [6.07, 6.45) is 5.43. The lowest BCUT2D eigenvalue weighted by Gasteiger charge is -2.17. The highest BCUT2D eigenvalue weighted by molar-refractivity contribution is 5.93. The van der Waals surface area contributed by atoms with E-state index in [1.54, 1.807) is 0 Å². The first kappa shape index (κ1) is 7.52. The number of aliphatic imine (C=N–C) groups is 1. The maximum atomic E-state index is 4.51. The van der Waals surface area contributed by atoms with Gasteiger partial charge in [0, 0.05) is 5.71 Å². The Morgan fingerprint density at radius 3 is 2.70 bits per heavy atom. The van der Waals surface area contributed by atoms with Crippen LogP contribution in [-0.4, -0.2) is 11.8 Å². The largest absolute Gasteiger partial charge is 0.286 e. The summed E-state index contributed by atoms with van der Waals surface area (Å²) in [6.45, 7) is 6.51. The first-order valence-corrected chi connectivity index (χ1v) is 3.91. The van der Waals surface area contributed by atoms with E-state index in [2.05, 4.69) is 37.9 Å². The predicted molar refractivity (Wildman–Crippen MR) is 45.5 cm³/mol. The molecule has 0 fully saturated rings. The van der Waals surface area contributed by atoms with Crippen molar-refractivity contribution in [3.63, 3.8) is 0 Å². The molecule has 1 heteroatoms. The third-order valence-electron chi connectivity index (χ3n) is 1.88. The van der Waals surface area contributed by atoms with Gasteiger partial charge in [0.2, 0.25) is 0 Å². The quantitative estimate of drug-likeness (QED) is 0.526. The number of nitrogens with zero attached hydrogens (tertiary/aromatic N) is 1. The van der Waals surface area contributed by atoms with Crippen molar-refractivity contribution >= 4 is 5.71 Å². The van der Waals surface area contributed by atoms with Crippen LogP contribution in [0.3, 0.4) is 0 Å². The summed E-state index contributed by atoms with van der Waals surface area (Å²) in [6, 6.07) is 0.532. The maximum absolute atomic E-state index is 4.51. The summed E-state index contributed by atoms with van der Waals surface area (Å²) in [5.41, 5.74) is 1.17. The monoisotopic (exact) mass is 137 g/mol. The predicted octanol–water partition coefficient (Wildman–Crippen LogP) is 2.43. The molecular weight excluding hydrogens is 122 g/mol. The van der Waals surface area contributed by atoms with Gasteiger partial charge in [-0.15, -0.1) is 0 Å². The second-order valence-electron chi connectivity index (χ2n) is 3.22.